The van der Waals surface area contributed by atoms with E-state index >= 15 is 0 Å². The molecule has 0 aliphatic heterocycles. The summed E-state index contributed by atoms with van der Waals surface area (Å²) < 4.78 is 12.9. The molecule has 6 nitrogen and oxygen atoms in total. The van der Waals surface area contributed by atoms with Crippen LogP contribution in [0.3, 0.4) is 0 Å². The first-order valence-corrected chi connectivity index (χ1v) is 10.1. The smallest absolute Gasteiger partial charge is 0.266 e. The highest BCUT2D eigenvalue weighted by atomic mass is 32.1. The Bertz CT molecular complexity index is 1120. The molecule has 0 saturated heterocycles. The van der Waals surface area contributed by atoms with E-state index in [1.165, 1.54) is 34.8 Å². The fourth-order valence-electron chi connectivity index (χ4n) is 2.65. The zero-order chi connectivity index (χ0) is 19.5. The highest BCUT2D eigenvalue weighted by Gasteiger charge is 2.15. The predicted molar refractivity (Wildman–Crippen MR) is 108 cm³/mol. The average molecular weight is 414 g/mol. The van der Waals surface area contributed by atoms with Crippen molar-refractivity contribution in [2.24, 2.45) is 0 Å². The number of carbonyl (C=O) groups excluding carboxylic acids is 2. The summed E-state index contributed by atoms with van der Waals surface area (Å²) in [7, 11) is 0. The molecule has 3 N–H and O–H groups in total. The highest BCUT2D eigenvalue weighted by molar-refractivity contribution is 7.18. The molecule has 0 aliphatic carbocycles. The number of aromatic nitrogens is 2. The monoisotopic (exact) mass is 414 g/mol. The molecule has 2 amide bonds. The number of benzene rings is 1. The van der Waals surface area contributed by atoms with Gasteiger partial charge in [-0.3, -0.25) is 14.7 Å². The van der Waals surface area contributed by atoms with E-state index in [0.717, 1.165) is 20.7 Å². The van der Waals surface area contributed by atoms with E-state index in [1.807, 2.05) is 17.5 Å². The normalized spacial score (nSPS) is 10.9. The summed E-state index contributed by atoms with van der Waals surface area (Å²) in [4.78, 5) is 26.6. The number of aromatic amines is 1. The Morgan fingerprint density at radius 3 is 2.75 bits per heavy atom. The van der Waals surface area contributed by atoms with Crippen molar-refractivity contribution in [1.82, 2.24) is 15.5 Å². The van der Waals surface area contributed by atoms with Crippen molar-refractivity contribution in [2.45, 2.75) is 13.0 Å². The zero-order valence-corrected chi connectivity index (χ0v) is 16.1. The Kier molecular flexibility index (Phi) is 5.18. The van der Waals surface area contributed by atoms with Crippen LogP contribution in [-0.4, -0.2) is 22.0 Å². The Morgan fingerprint density at radius 2 is 2.00 bits per heavy atom. The lowest BCUT2D eigenvalue weighted by Crippen LogP contribution is -2.24. The van der Waals surface area contributed by atoms with Crippen LogP contribution in [0, 0.1) is 5.82 Å². The molecule has 0 bridgehead atoms. The van der Waals surface area contributed by atoms with Gasteiger partial charge < -0.3 is 10.6 Å². The SMILES string of the molecule is O=C(Cc1cc2c(NC(=O)c3cccs3)[nH]nc2s1)NCc1ccc(F)cc1. The van der Waals surface area contributed by atoms with Gasteiger partial charge in [-0.25, -0.2) is 4.39 Å². The van der Waals surface area contributed by atoms with E-state index < -0.39 is 0 Å². The minimum Gasteiger partial charge on any atom is -0.352 e. The second-order valence-corrected chi connectivity index (χ2v) is 8.10. The highest BCUT2D eigenvalue weighted by Crippen LogP contribution is 2.30. The van der Waals surface area contributed by atoms with Crippen molar-refractivity contribution in [2.75, 3.05) is 5.32 Å². The Morgan fingerprint density at radius 1 is 1.18 bits per heavy atom. The van der Waals surface area contributed by atoms with Crippen LogP contribution in [0.25, 0.3) is 10.2 Å². The molecule has 4 rings (SSSR count). The lowest BCUT2D eigenvalue weighted by atomic mass is 10.2. The maximum atomic E-state index is 12.9. The number of halogens is 1. The molecule has 142 valence electrons. The molecular formula is C19H15FN4O2S2. The number of fused-ring (bicyclic) bond motifs is 1. The van der Waals surface area contributed by atoms with Gasteiger partial charge in [-0.2, -0.15) is 5.10 Å². The third-order valence-electron chi connectivity index (χ3n) is 4.02. The number of hydrogen-bond donors (Lipinski definition) is 3. The molecular weight excluding hydrogens is 399 g/mol. The van der Waals surface area contributed by atoms with Crippen LogP contribution >= 0.6 is 22.7 Å². The van der Waals surface area contributed by atoms with Crippen molar-refractivity contribution >= 4 is 50.5 Å². The molecule has 28 heavy (non-hydrogen) atoms. The van der Waals surface area contributed by atoms with Crippen LogP contribution in [0.2, 0.25) is 0 Å². The van der Waals surface area contributed by atoms with Gasteiger partial charge in [0, 0.05) is 11.4 Å². The van der Waals surface area contributed by atoms with Gasteiger partial charge in [-0.1, -0.05) is 18.2 Å². The van der Waals surface area contributed by atoms with Gasteiger partial charge in [-0.05, 0) is 35.2 Å². The van der Waals surface area contributed by atoms with E-state index in [2.05, 4.69) is 20.8 Å². The molecule has 9 heteroatoms. The number of anilines is 1. The Labute approximate surface area is 167 Å². The maximum absolute atomic E-state index is 12.9. The number of H-pyrrole nitrogens is 1. The molecule has 0 aliphatic rings. The zero-order valence-electron chi connectivity index (χ0n) is 14.5. The summed E-state index contributed by atoms with van der Waals surface area (Å²) in [5.74, 6) is -0.131. The average Bonchev–Trinajstić information content (AvgIpc) is 3.40. The van der Waals surface area contributed by atoms with Gasteiger partial charge in [0.05, 0.1) is 16.7 Å². The minimum atomic E-state index is -0.307. The first kappa shape index (κ1) is 18.3. The number of nitrogens with one attached hydrogen (secondary N) is 3. The van der Waals surface area contributed by atoms with E-state index in [1.54, 1.807) is 18.2 Å². The van der Waals surface area contributed by atoms with Gasteiger partial charge in [0.1, 0.15) is 16.5 Å². The van der Waals surface area contributed by atoms with Crippen LogP contribution in [0.15, 0.2) is 47.8 Å². The first-order chi connectivity index (χ1) is 13.6. The fourth-order valence-corrected chi connectivity index (χ4v) is 4.26. The van der Waals surface area contributed by atoms with Crippen LogP contribution in [-0.2, 0) is 17.8 Å². The topological polar surface area (TPSA) is 86.9 Å². The Hall–Kier alpha value is -3.04. The number of rotatable bonds is 6. The van der Waals surface area contributed by atoms with Crippen molar-refractivity contribution in [1.29, 1.82) is 0 Å². The quantitative estimate of drug-likeness (QED) is 0.447. The molecule has 4 aromatic rings. The van der Waals surface area contributed by atoms with Crippen molar-refractivity contribution in [3.05, 3.63) is 69.0 Å². The molecule has 3 heterocycles. The van der Waals surface area contributed by atoms with Crippen molar-refractivity contribution in [3.63, 3.8) is 0 Å². The molecule has 0 spiro atoms. The standard InChI is InChI=1S/C19H15FN4O2S2/c20-12-5-3-11(4-6-12)10-21-16(25)9-13-8-14-17(23-24-19(14)28-13)22-18(26)15-2-1-7-27-15/h1-8H,9-10H2,(H,21,25)(H2,22,23,24,26). The summed E-state index contributed by atoms with van der Waals surface area (Å²) in [6.45, 7) is 0.338. The third kappa shape index (κ3) is 4.10. The fraction of sp³-hybridized carbons (Fsp3) is 0.105. The summed E-state index contributed by atoms with van der Waals surface area (Å²) in [5, 5.41) is 15.3. The molecule has 1 aromatic carbocycles. The molecule has 0 saturated carbocycles. The maximum Gasteiger partial charge on any atom is 0.266 e. The largest absolute Gasteiger partial charge is 0.352 e. The van der Waals surface area contributed by atoms with Crippen molar-refractivity contribution < 1.29 is 14.0 Å². The second-order valence-electron chi connectivity index (χ2n) is 6.04. The number of amides is 2. The van der Waals surface area contributed by atoms with E-state index in [9.17, 15) is 14.0 Å². The minimum absolute atomic E-state index is 0.138. The first-order valence-electron chi connectivity index (χ1n) is 8.41. The number of hydrogen-bond acceptors (Lipinski definition) is 5. The lowest BCUT2D eigenvalue weighted by molar-refractivity contribution is -0.120. The third-order valence-corrected chi connectivity index (χ3v) is 5.92. The number of thiophene rings is 2. The van der Waals surface area contributed by atoms with Crippen LogP contribution < -0.4 is 10.6 Å². The molecule has 0 atom stereocenters. The van der Waals surface area contributed by atoms with Gasteiger partial charge in [0.15, 0.2) is 0 Å². The van der Waals surface area contributed by atoms with Crippen LogP contribution in [0.4, 0.5) is 10.2 Å². The van der Waals surface area contributed by atoms with Crippen molar-refractivity contribution in [3.8, 4) is 0 Å². The molecule has 0 fully saturated rings. The van der Waals surface area contributed by atoms with E-state index in [-0.39, 0.29) is 24.1 Å². The summed E-state index contributed by atoms with van der Waals surface area (Å²) >= 11 is 2.75. The lowest BCUT2D eigenvalue weighted by Gasteiger charge is -2.04. The molecule has 3 aromatic heterocycles. The van der Waals surface area contributed by atoms with Gasteiger partial charge in [0.25, 0.3) is 5.91 Å². The van der Waals surface area contributed by atoms with Gasteiger partial charge in [-0.15, -0.1) is 22.7 Å². The van der Waals surface area contributed by atoms with Gasteiger partial charge >= 0.3 is 0 Å². The summed E-state index contributed by atoms with van der Waals surface area (Å²) in [6, 6.07) is 11.4. The van der Waals surface area contributed by atoms with Gasteiger partial charge in [0.2, 0.25) is 5.91 Å². The summed E-state index contributed by atoms with van der Waals surface area (Å²) in [6.07, 6.45) is 0.209. The predicted octanol–water partition coefficient (Wildman–Crippen LogP) is 3.94. The van der Waals surface area contributed by atoms with E-state index in [0.29, 0.717) is 17.2 Å². The van der Waals surface area contributed by atoms with Crippen LogP contribution in [0.5, 0.6) is 0 Å². The number of nitrogens with zero attached hydrogens (tertiary/aromatic N) is 1. The second kappa shape index (κ2) is 7.91. The molecule has 0 unspecified atom stereocenters. The summed E-state index contributed by atoms with van der Waals surface area (Å²) in [5.41, 5.74) is 0.828. The van der Waals surface area contributed by atoms with Crippen LogP contribution in [0.1, 0.15) is 20.1 Å². The molecule has 0 radical (unpaired) electrons. The Balaban J connectivity index is 1.39. The van der Waals surface area contributed by atoms with E-state index in [4.69, 9.17) is 0 Å². The number of carbonyl (C=O) groups is 2.